The third-order valence-electron chi connectivity index (χ3n) is 7.73. The van der Waals surface area contributed by atoms with Gasteiger partial charge in [0.1, 0.15) is 22.4 Å². The van der Waals surface area contributed by atoms with Gasteiger partial charge in [-0.2, -0.15) is 9.40 Å². The molecule has 2 aromatic heterocycles. The molecular formula is C31H45N7O8S. The Morgan fingerprint density at radius 3 is 2.53 bits per heavy atom. The number of fused-ring (bicyclic) bond motifs is 1. The number of pyridine rings is 1. The van der Waals surface area contributed by atoms with Crippen LogP contribution in [0, 0.1) is 5.92 Å². The molecule has 1 atom stereocenters. The van der Waals surface area contributed by atoms with Gasteiger partial charge in [0.2, 0.25) is 21.8 Å². The molecule has 1 fully saturated rings. The summed E-state index contributed by atoms with van der Waals surface area (Å²) in [6, 6.07) is 2.81. The van der Waals surface area contributed by atoms with Crippen LogP contribution in [0.2, 0.25) is 0 Å². The number of hydrogen-bond acceptors (Lipinski definition) is 10. The summed E-state index contributed by atoms with van der Waals surface area (Å²) in [5.74, 6) is -1.52. The molecule has 4 rings (SSSR count). The van der Waals surface area contributed by atoms with E-state index >= 15 is 0 Å². The van der Waals surface area contributed by atoms with Crippen LogP contribution in [0.3, 0.4) is 0 Å². The van der Waals surface area contributed by atoms with Crippen LogP contribution in [0.5, 0.6) is 0 Å². The minimum Gasteiger partial charge on any atom is -0.464 e. The topological polar surface area (TPSA) is 182 Å². The lowest BCUT2D eigenvalue weighted by molar-refractivity contribution is -0.148. The molecule has 1 saturated heterocycles. The van der Waals surface area contributed by atoms with Crippen molar-refractivity contribution >= 4 is 39.7 Å². The molecular weight excluding hydrogens is 630 g/mol. The Labute approximate surface area is 275 Å². The fourth-order valence-corrected chi connectivity index (χ4v) is 6.73. The van der Waals surface area contributed by atoms with Crippen molar-refractivity contribution in [2.45, 2.75) is 82.8 Å². The third kappa shape index (κ3) is 9.50. The van der Waals surface area contributed by atoms with Crippen LogP contribution < -0.4 is 15.5 Å². The van der Waals surface area contributed by atoms with Crippen LogP contribution in [-0.4, -0.2) is 95.8 Å². The molecule has 2 aromatic rings. The first-order valence-electron chi connectivity index (χ1n) is 15.9. The predicted molar refractivity (Wildman–Crippen MR) is 171 cm³/mol. The molecule has 4 heterocycles. The number of unbranched alkanes of at least 4 members (excludes halogenated alkanes) is 1. The zero-order chi connectivity index (χ0) is 34.4. The van der Waals surface area contributed by atoms with Gasteiger partial charge >= 0.3 is 12.1 Å². The molecule has 0 spiro atoms. The van der Waals surface area contributed by atoms with E-state index in [1.165, 1.54) is 21.4 Å². The third-order valence-corrected chi connectivity index (χ3v) is 9.51. The molecule has 2 aliphatic rings. The number of ether oxygens (including phenoxy) is 2. The maximum atomic E-state index is 12.9. The average molecular weight is 676 g/mol. The highest BCUT2D eigenvalue weighted by molar-refractivity contribution is 7.89. The largest absolute Gasteiger partial charge is 0.464 e. The molecule has 0 saturated carbocycles. The summed E-state index contributed by atoms with van der Waals surface area (Å²) < 4.78 is 38.6. The number of nitrogens with zero attached hydrogens (tertiary/aromatic N) is 5. The van der Waals surface area contributed by atoms with Gasteiger partial charge in [-0.1, -0.05) is 6.07 Å². The molecule has 15 nitrogen and oxygen atoms in total. The first-order chi connectivity index (χ1) is 22.2. The number of anilines is 1. The fourth-order valence-electron chi connectivity index (χ4n) is 5.22. The van der Waals surface area contributed by atoms with Gasteiger partial charge in [0, 0.05) is 51.5 Å². The second-order valence-corrected chi connectivity index (χ2v) is 14.7. The Morgan fingerprint density at radius 1 is 1.13 bits per heavy atom. The van der Waals surface area contributed by atoms with Crippen molar-refractivity contribution in [3.8, 4) is 0 Å². The summed E-state index contributed by atoms with van der Waals surface area (Å²) in [4.78, 5) is 57.1. The number of aromatic nitrogens is 3. The summed E-state index contributed by atoms with van der Waals surface area (Å²) in [7, 11) is -2.16. The van der Waals surface area contributed by atoms with Gasteiger partial charge in [0.15, 0.2) is 0 Å². The fraction of sp³-hybridized carbons (Fsp3) is 0.613. The molecule has 0 bridgehead atoms. The number of nitrogens with one attached hydrogen (secondary N) is 2. The lowest BCUT2D eigenvalue weighted by Gasteiger charge is -2.37. The minimum atomic E-state index is -3.77. The quantitative estimate of drug-likeness (QED) is 0.234. The highest BCUT2D eigenvalue weighted by Crippen LogP contribution is 2.28. The van der Waals surface area contributed by atoms with Crippen molar-refractivity contribution in [2.75, 3.05) is 37.7 Å². The summed E-state index contributed by atoms with van der Waals surface area (Å²) in [6.07, 6.45) is 5.91. The van der Waals surface area contributed by atoms with Gasteiger partial charge in [-0.25, -0.2) is 23.0 Å². The van der Waals surface area contributed by atoms with E-state index in [-0.39, 0.29) is 43.5 Å². The van der Waals surface area contributed by atoms with Crippen molar-refractivity contribution in [1.82, 2.24) is 29.7 Å². The number of sulfonamides is 1. The number of hydrogen-bond donors (Lipinski definition) is 2. The zero-order valence-corrected chi connectivity index (χ0v) is 28.5. The standard InChI is InChI=1S/C31H45N7O8S/c1-6-45-29(41)25(35-28(40)22-18-37(19-22)47(43,44)24-16-33-36(5)20-24)17-32-26(39)12-8-7-11-23-14-13-21-10-9-15-38(27(21)34-23)30(42)46-31(2,3)4/h13-14,16,20,22,25H,6-12,15,17-19H2,1-5H3,(H,32,39)(H,35,40). The average Bonchev–Trinajstić information content (AvgIpc) is 3.42. The molecule has 0 radical (unpaired) electrons. The van der Waals surface area contributed by atoms with Crippen LogP contribution in [0.25, 0.3) is 0 Å². The van der Waals surface area contributed by atoms with E-state index in [1.807, 2.05) is 32.9 Å². The number of carbonyl (C=O) groups is 4. The van der Waals surface area contributed by atoms with Gasteiger partial charge in [-0.3, -0.25) is 19.2 Å². The van der Waals surface area contributed by atoms with E-state index in [2.05, 4.69) is 15.7 Å². The van der Waals surface area contributed by atoms with E-state index < -0.39 is 45.6 Å². The highest BCUT2D eigenvalue weighted by Gasteiger charge is 2.42. The van der Waals surface area contributed by atoms with Crippen molar-refractivity contribution in [1.29, 1.82) is 0 Å². The van der Waals surface area contributed by atoms with Gasteiger partial charge in [-0.05, 0) is 71.4 Å². The lowest BCUT2D eigenvalue weighted by Crippen LogP contribution is -2.59. The van der Waals surface area contributed by atoms with Gasteiger partial charge in [0.25, 0.3) is 0 Å². The Bertz CT molecular complexity index is 1560. The number of rotatable bonds is 13. The minimum absolute atomic E-state index is 0.0368. The zero-order valence-electron chi connectivity index (χ0n) is 27.7. The number of amides is 3. The van der Waals surface area contributed by atoms with Crippen LogP contribution in [0.1, 0.15) is 64.6 Å². The van der Waals surface area contributed by atoms with Crippen LogP contribution in [-0.2, 0) is 53.8 Å². The molecule has 258 valence electrons. The molecule has 47 heavy (non-hydrogen) atoms. The Balaban J connectivity index is 1.22. The predicted octanol–water partition coefficient (Wildman–Crippen LogP) is 1.70. The van der Waals surface area contributed by atoms with Crippen LogP contribution >= 0.6 is 0 Å². The number of esters is 1. The van der Waals surface area contributed by atoms with Crippen molar-refractivity contribution in [2.24, 2.45) is 13.0 Å². The van der Waals surface area contributed by atoms with E-state index in [1.54, 1.807) is 18.9 Å². The highest BCUT2D eigenvalue weighted by atomic mass is 32.2. The van der Waals surface area contributed by atoms with E-state index in [0.717, 1.165) is 24.1 Å². The van der Waals surface area contributed by atoms with E-state index in [9.17, 15) is 27.6 Å². The molecule has 0 aromatic carbocycles. The number of carbonyl (C=O) groups excluding carboxylic acids is 4. The Morgan fingerprint density at radius 2 is 1.87 bits per heavy atom. The second-order valence-electron chi connectivity index (χ2n) is 12.7. The van der Waals surface area contributed by atoms with E-state index in [4.69, 9.17) is 14.5 Å². The Kier molecular flexibility index (Phi) is 11.6. The summed E-state index contributed by atoms with van der Waals surface area (Å²) >= 11 is 0. The summed E-state index contributed by atoms with van der Waals surface area (Å²) in [5, 5.41) is 9.18. The van der Waals surface area contributed by atoms with Crippen molar-refractivity contribution < 1.29 is 37.1 Å². The lowest BCUT2D eigenvalue weighted by atomic mass is 10.0. The maximum absolute atomic E-state index is 12.9. The molecule has 2 aliphatic heterocycles. The normalized spacial score (nSPS) is 16.1. The Hall–Kier alpha value is -4.05. The van der Waals surface area contributed by atoms with Crippen LogP contribution in [0.4, 0.5) is 10.6 Å². The van der Waals surface area contributed by atoms with Crippen molar-refractivity contribution in [3.05, 3.63) is 35.8 Å². The maximum Gasteiger partial charge on any atom is 0.416 e. The second kappa shape index (κ2) is 15.2. The summed E-state index contributed by atoms with van der Waals surface area (Å²) in [6.45, 7) is 7.50. The molecule has 16 heteroatoms. The molecule has 3 amide bonds. The smallest absolute Gasteiger partial charge is 0.416 e. The van der Waals surface area contributed by atoms with Gasteiger partial charge in [-0.15, -0.1) is 0 Å². The number of aryl methyl sites for hydroxylation is 3. The molecule has 2 N–H and O–H groups in total. The van der Waals surface area contributed by atoms with Gasteiger partial charge in [0.05, 0.1) is 18.7 Å². The first-order valence-corrected chi connectivity index (χ1v) is 17.3. The SMILES string of the molecule is CCOC(=O)C(CNC(=O)CCCCc1ccc2c(n1)N(C(=O)OC(C)(C)C)CCC2)NC(=O)C1CN(S(=O)(=O)c2cnn(C)c2)C1. The van der Waals surface area contributed by atoms with Crippen molar-refractivity contribution in [3.63, 3.8) is 0 Å². The van der Waals surface area contributed by atoms with E-state index in [0.29, 0.717) is 31.6 Å². The summed E-state index contributed by atoms with van der Waals surface area (Å²) in [5.41, 5.74) is 1.20. The molecule has 1 unspecified atom stereocenters. The van der Waals surface area contributed by atoms with Crippen LogP contribution in [0.15, 0.2) is 29.4 Å². The monoisotopic (exact) mass is 675 g/mol. The van der Waals surface area contributed by atoms with Gasteiger partial charge < -0.3 is 20.1 Å². The first kappa shape index (κ1) is 35.8. The molecule has 0 aliphatic carbocycles.